The number of nitrogens with zero attached hydrogens (tertiary/aromatic N) is 1. The molecular formula is C11H17N3. The SMILES string of the molecule is CN(c1ccc(CN)cc1N)C1CC1. The van der Waals surface area contributed by atoms with Crippen molar-refractivity contribution >= 4 is 11.4 Å². The van der Waals surface area contributed by atoms with E-state index in [-0.39, 0.29) is 0 Å². The second kappa shape index (κ2) is 3.50. The topological polar surface area (TPSA) is 55.3 Å². The van der Waals surface area contributed by atoms with Gasteiger partial charge < -0.3 is 16.4 Å². The molecule has 1 aromatic rings. The van der Waals surface area contributed by atoms with E-state index in [9.17, 15) is 0 Å². The van der Waals surface area contributed by atoms with Gasteiger partial charge in [0.05, 0.1) is 11.4 Å². The average molecular weight is 191 g/mol. The van der Waals surface area contributed by atoms with Gasteiger partial charge in [0, 0.05) is 19.6 Å². The van der Waals surface area contributed by atoms with Gasteiger partial charge in [0.15, 0.2) is 0 Å². The van der Waals surface area contributed by atoms with E-state index < -0.39 is 0 Å². The third-order valence-electron chi connectivity index (χ3n) is 2.80. The molecule has 0 heterocycles. The Bertz CT molecular complexity index is 331. The second-order valence-electron chi connectivity index (χ2n) is 3.94. The molecule has 2 rings (SSSR count). The first-order valence-electron chi connectivity index (χ1n) is 5.03. The molecule has 3 heteroatoms. The van der Waals surface area contributed by atoms with Gasteiger partial charge in [-0.25, -0.2) is 0 Å². The van der Waals surface area contributed by atoms with Crippen LogP contribution in [0, 0.1) is 0 Å². The first-order valence-corrected chi connectivity index (χ1v) is 5.03. The number of hydrogen-bond acceptors (Lipinski definition) is 3. The lowest BCUT2D eigenvalue weighted by Gasteiger charge is -2.20. The Morgan fingerprint density at radius 1 is 1.43 bits per heavy atom. The first kappa shape index (κ1) is 9.34. The summed E-state index contributed by atoms with van der Waals surface area (Å²) in [5.74, 6) is 0. The summed E-state index contributed by atoms with van der Waals surface area (Å²) in [6.07, 6.45) is 2.57. The molecule has 0 aliphatic heterocycles. The van der Waals surface area contributed by atoms with Crippen LogP contribution in [0.5, 0.6) is 0 Å². The molecule has 0 saturated heterocycles. The highest BCUT2D eigenvalue weighted by Gasteiger charge is 2.27. The summed E-state index contributed by atoms with van der Waals surface area (Å²) in [7, 11) is 2.10. The van der Waals surface area contributed by atoms with Crippen molar-refractivity contribution in [2.75, 3.05) is 17.7 Å². The fourth-order valence-corrected chi connectivity index (χ4v) is 1.71. The maximum atomic E-state index is 5.97. The van der Waals surface area contributed by atoms with E-state index in [0.717, 1.165) is 16.9 Å². The largest absolute Gasteiger partial charge is 0.397 e. The normalized spacial score (nSPS) is 15.6. The number of nitrogen functional groups attached to an aromatic ring is 1. The molecule has 0 radical (unpaired) electrons. The Morgan fingerprint density at radius 2 is 2.14 bits per heavy atom. The molecule has 1 saturated carbocycles. The van der Waals surface area contributed by atoms with Gasteiger partial charge in [0.2, 0.25) is 0 Å². The van der Waals surface area contributed by atoms with Crippen LogP contribution >= 0.6 is 0 Å². The second-order valence-corrected chi connectivity index (χ2v) is 3.94. The van der Waals surface area contributed by atoms with Crippen molar-refractivity contribution in [2.45, 2.75) is 25.4 Å². The van der Waals surface area contributed by atoms with E-state index in [1.54, 1.807) is 0 Å². The molecule has 4 N–H and O–H groups in total. The Labute approximate surface area is 84.7 Å². The number of benzene rings is 1. The van der Waals surface area contributed by atoms with Crippen molar-refractivity contribution in [1.29, 1.82) is 0 Å². The van der Waals surface area contributed by atoms with Crippen molar-refractivity contribution in [2.24, 2.45) is 5.73 Å². The summed E-state index contributed by atoms with van der Waals surface area (Å²) in [6.45, 7) is 0.553. The van der Waals surface area contributed by atoms with Crippen molar-refractivity contribution in [1.82, 2.24) is 0 Å². The van der Waals surface area contributed by atoms with E-state index in [1.165, 1.54) is 12.8 Å². The van der Waals surface area contributed by atoms with E-state index in [4.69, 9.17) is 11.5 Å². The minimum absolute atomic E-state index is 0.553. The zero-order valence-electron chi connectivity index (χ0n) is 8.53. The molecule has 1 fully saturated rings. The van der Waals surface area contributed by atoms with Crippen molar-refractivity contribution in [3.63, 3.8) is 0 Å². The van der Waals surface area contributed by atoms with Crippen LogP contribution < -0.4 is 16.4 Å². The predicted molar refractivity (Wildman–Crippen MR) is 60.2 cm³/mol. The monoisotopic (exact) mass is 191 g/mol. The maximum Gasteiger partial charge on any atom is 0.0600 e. The van der Waals surface area contributed by atoms with E-state index >= 15 is 0 Å². The molecule has 14 heavy (non-hydrogen) atoms. The molecule has 0 aromatic heterocycles. The molecule has 0 amide bonds. The Hall–Kier alpha value is -1.22. The molecule has 0 bridgehead atoms. The van der Waals surface area contributed by atoms with Crippen molar-refractivity contribution in [3.8, 4) is 0 Å². The smallest absolute Gasteiger partial charge is 0.0600 e. The average Bonchev–Trinajstić information content (AvgIpc) is 3.00. The van der Waals surface area contributed by atoms with E-state index in [0.29, 0.717) is 12.6 Å². The Balaban J connectivity index is 2.24. The van der Waals surface area contributed by atoms with Gasteiger partial charge in [-0.05, 0) is 30.5 Å². The van der Waals surface area contributed by atoms with Crippen LogP contribution in [0.1, 0.15) is 18.4 Å². The highest BCUT2D eigenvalue weighted by Crippen LogP contribution is 2.33. The highest BCUT2D eigenvalue weighted by molar-refractivity contribution is 5.69. The third kappa shape index (κ3) is 1.68. The molecule has 0 unspecified atom stereocenters. The number of hydrogen-bond donors (Lipinski definition) is 2. The van der Waals surface area contributed by atoms with E-state index in [1.807, 2.05) is 12.1 Å². The molecule has 76 valence electrons. The van der Waals surface area contributed by atoms with Gasteiger partial charge in [-0.2, -0.15) is 0 Å². The van der Waals surface area contributed by atoms with Crippen molar-refractivity contribution < 1.29 is 0 Å². The summed E-state index contributed by atoms with van der Waals surface area (Å²) < 4.78 is 0. The lowest BCUT2D eigenvalue weighted by Crippen LogP contribution is -2.20. The zero-order chi connectivity index (χ0) is 10.1. The fraction of sp³-hybridized carbons (Fsp3) is 0.455. The summed E-state index contributed by atoms with van der Waals surface area (Å²) in [6, 6.07) is 6.77. The number of rotatable bonds is 3. The Kier molecular flexibility index (Phi) is 2.33. The van der Waals surface area contributed by atoms with Crippen LogP contribution in [0.25, 0.3) is 0 Å². The van der Waals surface area contributed by atoms with Crippen LogP contribution in [0.3, 0.4) is 0 Å². The standard InChI is InChI=1S/C11H17N3/c1-14(9-3-4-9)11-5-2-8(7-12)6-10(11)13/h2,5-6,9H,3-4,7,12-13H2,1H3. The predicted octanol–water partition coefficient (Wildman–Crippen LogP) is 1.33. The van der Waals surface area contributed by atoms with Crippen LogP contribution in [-0.4, -0.2) is 13.1 Å². The zero-order valence-corrected chi connectivity index (χ0v) is 8.53. The lowest BCUT2D eigenvalue weighted by molar-refractivity contribution is 0.917. The lowest BCUT2D eigenvalue weighted by atomic mass is 10.1. The molecule has 0 spiro atoms. The Morgan fingerprint density at radius 3 is 2.64 bits per heavy atom. The minimum Gasteiger partial charge on any atom is -0.397 e. The van der Waals surface area contributed by atoms with Gasteiger partial charge in [-0.1, -0.05) is 6.07 Å². The van der Waals surface area contributed by atoms with Crippen LogP contribution in [0.4, 0.5) is 11.4 Å². The molecular weight excluding hydrogens is 174 g/mol. The number of nitrogens with two attached hydrogens (primary N) is 2. The summed E-state index contributed by atoms with van der Waals surface area (Å²) >= 11 is 0. The van der Waals surface area contributed by atoms with Gasteiger partial charge in [-0.3, -0.25) is 0 Å². The molecule has 1 aromatic carbocycles. The van der Waals surface area contributed by atoms with Crippen LogP contribution in [0.15, 0.2) is 18.2 Å². The summed E-state index contributed by atoms with van der Waals surface area (Å²) in [5, 5.41) is 0. The van der Waals surface area contributed by atoms with E-state index in [2.05, 4.69) is 18.0 Å². The fourth-order valence-electron chi connectivity index (χ4n) is 1.71. The van der Waals surface area contributed by atoms with Gasteiger partial charge in [0.1, 0.15) is 0 Å². The molecule has 1 aliphatic rings. The quantitative estimate of drug-likeness (QED) is 0.709. The molecule has 1 aliphatic carbocycles. The molecule has 3 nitrogen and oxygen atoms in total. The van der Waals surface area contributed by atoms with Crippen LogP contribution in [-0.2, 0) is 6.54 Å². The highest BCUT2D eigenvalue weighted by atomic mass is 15.2. The number of anilines is 2. The van der Waals surface area contributed by atoms with Gasteiger partial charge in [0.25, 0.3) is 0 Å². The summed E-state index contributed by atoms with van der Waals surface area (Å²) in [5.41, 5.74) is 14.6. The minimum atomic E-state index is 0.553. The third-order valence-corrected chi connectivity index (χ3v) is 2.80. The van der Waals surface area contributed by atoms with Crippen LogP contribution in [0.2, 0.25) is 0 Å². The van der Waals surface area contributed by atoms with Gasteiger partial charge in [-0.15, -0.1) is 0 Å². The maximum absolute atomic E-state index is 5.97. The molecule has 0 atom stereocenters. The first-order chi connectivity index (χ1) is 6.72. The summed E-state index contributed by atoms with van der Waals surface area (Å²) in [4.78, 5) is 2.26. The van der Waals surface area contributed by atoms with Gasteiger partial charge >= 0.3 is 0 Å². The van der Waals surface area contributed by atoms with Crippen molar-refractivity contribution in [3.05, 3.63) is 23.8 Å².